The number of hydrogen-bond acceptors (Lipinski definition) is 3. The lowest BCUT2D eigenvalue weighted by molar-refractivity contribution is -0.139. The summed E-state index contributed by atoms with van der Waals surface area (Å²) < 4.78 is 0. The normalized spacial score (nSPS) is 8.36. The number of aliphatic carboxylic acids is 2. The second kappa shape index (κ2) is 9.50. The number of carboxylic acid groups (broad SMARTS) is 2. The fourth-order valence-corrected chi connectivity index (χ4v) is 0.552. The molecule has 0 aromatic carbocycles. The predicted molar refractivity (Wildman–Crippen MR) is 51.3 cm³/mol. The van der Waals surface area contributed by atoms with Gasteiger partial charge < -0.3 is 15.9 Å². The van der Waals surface area contributed by atoms with Gasteiger partial charge in [-0.2, -0.15) is 0 Å². The third-order valence-electron chi connectivity index (χ3n) is 1.03. The lowest BCUT2D eigenvalue weighted by Gasteiger charge is -1.92. The fraction of sp³-hybridized carbons (Fsp3) is 0.625. The number of rotatable bonds is 5. The minimum Gasteiger partial charge on any atom is -0.481 e. The minimum absolute atomic E-state index is 0.0628. The second-order valence-electron chi connectivity index (χ2n) is 2.68. The van der Waals surface area contributed by atoms with Gasteiger partial charge in [-0.05, 0) is 19.8 Å². The summed E-state index contributed by atoms with van der Waals surface area (Å²) >= 11 is 0. The van der Waals surface area contributed by atoms with Gasteiger partial charge in [0, 0.05) is 12.8 Å². The van der Waals surface area contributed by atoms with Crippen molar-refractivity contribution >= 4 is 17.8 Å². The quantitative estimate of drug-likeness (QED) is 0.297. The van der Waals surface area contributed by atoms with Crippen molar-refractivity contribution < 1.29 is 19.8 Å². The molecule has 0 amide bonds. The van der Waals surface area contributed by atoms with E-state index in [2.05, 4.69) is 0 Å². The monoisotopic (exact) mass is 204 g/mol. The molecule has 0 fully saturated rings. The van der Waals surface area contributed by atoms with E-state index in [0.717, 1.165) is 0 Å². The molecular formula is C8H16N2O4. The fourth-order valence-electron chi connectivity index (χ4n) is 0.552. The SMILES string of the molecule is CC(=N)N.O=C(O)CCCCC(=O)O. The van der Waals surface area contributed by atoms with Crippen molar-refractivity contribution in [3.05, 3.63) is 0 Å². The Morgan fingerprint density at radius 2 is 1.36 bits per heavy atom. The molecule has 0 rings (SSSR count). The molecule has 0 atom stereocenters. The van der Waals surface area contributed by atoms with E-state index in [0.29, 0.717) is 12.8 Å². The Balaban J connectivity index is 0. The average Bonchev–Trinajstić information content (AvgIpc) is 1.96. The third kappa shape index (κ3) is 31.5. The summed E-state index contributed by atoms with van der Waals surface area (Å²) in [6, 6.07) is 0. The van der Waals surface area contributed by atoms with Crippen molar-refractivity contribution in [3.8, 4) is 0 Å². The first-order valence-electron chi connectivity index (χ1n) is 4.10. The van der Waals surface area contributed by atoms with Crippen molar-refractivity contribution in [2.75, 3.05) is 0 Å². The molecule has 6 nitrogen and oxygen atoms in total. The highest BCUT2D eigenvalue weighted by Crippen LogP contribution is 1.98. The summed E-state index contributed by atoms with van der Waals surface area (Å²) in [6.45, 7) is 1.53. The molecule has 0 saturated carbocycles. The molecule has 0 spiro atoms. The summed E-state index contributed by atoms with van der Waals surface area (Å²) in [6.07, 6.45) is 1.02. The van der Waals surface area contributed by atoms with Crippen molar-refractivity contribution in [1.29, 1.82) is 5.41 Å². The first kappa shape index (κ1) is 14.9. The minimum atomic E-state index is -0.870. The summed E-state index contributed by atoms with van der Waals surface area (Å²) in [4.78, 5) is 19.8. The van der Waals surface area contributed by atoms with Gasteiger partial charge >= 0.3 is 11.9 Å². The Kier molecular flexibility index (Phi) is 10.1. The van der Waals surface area contributed by atoms with E-state index >= 15 is 0 Å². The predicted octanol–water partition coefficient (Wildman–Crippen LogP) is 0.658. The van der Waals surface area contributed by atoms with Gasteiger partial charge in [0.15, 0.2) is 0 Å². The zero-order valence-electron chi connectivity index (χ0n) is 8.12. The molecule has 0 aromatic rings. The van der Waals surface area contributed by atoms with E-state index in [1.807, 2.05) is 0 Å². The van der Waals surface area contributed by atoms with Gasteiger partial charge in [-0.1, -0.05) is 0 Å². The standard InChI is InChI=1S/C6H10O4.C2H6N2/c7-5(8)3-1-2-4-6(9)10;1-2(3)4/h1-4H2,(H,7,8)(H,9,10);1H3,(H3,3,4). The van der Waals surface area contributed by atoms with Crippen molar-refractivity contribution in [2.24, 2.45) is 5.73 Å². The summed E-state index contributed by atoms with van der Waals surface area (Å²) in [5, 5.41) is 22.5. The van der Waals surface area contributed by atoms with E-state index in [1.54, 1.807) is 0 Å². The molecule has 6 heteroatoms. The van der Waals surface area contributed by atoms with Gasteiger partial charge in [0.2, 0.25) is 0 Å². The van der Waals surface area contributed by atoms with Crippen LogP contribution in [0.3, 0.4) is 0 Å². The van der Waals surface area contributed by atoms with Crippen LogP contribution in [0.15, 0.2) is 0 Å². The molecule has 0 bridgehead atoms. The van der Waals surface area contributed by atoms with Crippen LogP contribution in [0.4, 0.5) is 0 Å². The van der Waals surface area contributed by atoms with Gasteiger partial charge in [-0.25, -0.2) is 0 Å². The first-order chi connectivity index (χ1) is 6.36. The summed E-state index contributed by atoms with van der Waals surface area (Å²) in [7, 11) is 0. The van der Waals surface area contributed by atoms with Crippen LogP contribution in [-0.2, 0) is 9.59 Å². The molecule has 14 heavy (non-hydrogen) atoms. The van der Waals surface area contributed by atoms with Gasteiger partial charge in [-0.15, -0.1) is 0 Å². The zero-order chi connectivity index (χ0) is 11.6. The van der Waals surface area contributed by atoms with Gasteiger partial charge in [0.05, 0.1) is 5.84 Å². The van der Waals surface area contributed by atoms with E-state index in [9.17, 15) is 9.59 Å². The maximum absolute atomic E-state index is 9.90. The Hall–Kier alpha value is -1.59. The van der Waals surface area contributed by atoms with Crippen LogP contribution >= 0.6 is 0 Å². The van der Waals surface area contributed by atoms with Crippen LogP contribution in [0.25, 0.3) is 0 Å². The molecular weight excluding hydrogens is 188 g/mol. The molecule has 0 aliphatic heterocycles. The topological polar surface area (TPSA) is 124 Å². The van der Waals surface area contributed by atoms with Gasteiger partial charge in [0.25, 0.3) is 0 Å². The number of nitrogens with one attached hydrogen (secondary N) is 1. The highest BCUT2D eigenvalue weighted by Gasteiger charge is 1.99. The van der Waals surface area contributed by atoms with Crippen LogP contribution < -0.4 is 5.73 Å². The molecule has 0 aromatic heterocycles. The van der Waals surface area contributed by atoms with E-state index in [1.165, 1.54) is 6.92 Å². The first-order valence-corrected chi connectivity index (χ1v) is 4.10. The number of carbonyl (C=O) groups is 2. The molecule has 0 aliphatic rings. The molecule has 0 radical (unpaired) electrons. The Morgan fingerprint density at radius 3 is 1.50 bits per heavy atom. The number of unbranched alkanes of at least 4 members (excludes halogenated alkanes) is 1. The lowest BCUT2D eigenvalue weighted by atomic mass is 10.2. The number of nitrogens with two attached hydrogens (primary N) is 1. The molecule has 0 saturated heterocycles. The van der Waals surface area contributed by atoms with E-state index < -0.39 is 11.9 Å². The summed E-state index contributed by atoms with van der Waals surface area (Å²) in [5.41, 5.74) is 4.69. The smallest absolute Gasteiger partial charge is 0.303 e. The molecule has 5 N–H and O–H groups in total. The van der Waals surface area contributed by atoms with Crippen molar-refractivity contribution in [1.82, 2.24) is 0 Å². The molecule has 82 valence electrons. The number of carboxylic acids is 2. The van der Waals surface area contributed by atoms with Crippen LogP contribution in [0.2, 0.25) is 0 Å². The Bertz CT molecular complexity index is 184. The average molecular weight is 204 g/mol. The van der Waals surface area contributed by atoms with E-state index in [-0.39, 0.29) is 18.7 Å². The lowest BCUT2D eigenvalue weighted by Crippen LogP contribution is -2.00. The Labute approximate surface area is 82.2 Å². The maximum Gasteiger partial charge on any atom is 0.303 e. The van der Waals surface area contributed by atoms with Gasteiger partial charge in [-0.3, -0.25) is 15.0 Å². The number of hydrogen-bond donors (Lipinski definition) is 4. The molecule has 0 unspecified atom stereocenters. The summed E-state index contributed by atoms with van der Waals surface area (Å²) in [5.74, 6) is -1.57. The Morgan fingerprint density at radius 1 is 1.14 bits per heavy atom. The number of amidine groups is 1. The van der Waals surface area contributed by atoms with Crippen molar-refractivity contribution in [2.45, 2.75) is 32.6 Å². The highest BCUT2D eigenvalue weighted by atomic mass is 16.4. The second-order valence-corrected chi connectivity index (χ2v) is 2.68. The zero-order valence-corrected chi connectivity index (χ0v) is 8.12. The highest BCUT2D eigenvalue weighted by molar-refractivity contribution is 5.73. The van der Waals surface area contributed by atoms with Crippen LogP contribution in [-0.4, -0.2) is 28.0 Å². The third-order valence-corrected chi connectivity index (χ3v) is 1.03. The van der Waals surface area contributed by atoms with Crippen LogP contribution in [0.1, 0.15) is 32.6 Å². The molecule has 0 aliphatic carbocycles. The maximum atomic E-state index is 9.90. The van der Waals surface area contributed by atoms with Crippen LogP contribution in [0, 0.1) is 5.41 Å². The molecule has 0 heterocycles. The van der Waals surface area contributed by atoms with Crippen molar-refractivity contribution in [3.63, 3.8) is 0 Å². The van der Waals surface area contributed by atoms with Crippen LogP contribution in [0.5, 0.6) is 0 Å². The van der Waals surface area contributed by atoms with Gasteiger partial charge in [0.1, 0.15) is 0 Å². The largest absolute Gasteiger partial charge is 0.481 e. The van der Waals surface area contributed by atoms with E-state index in [4.69, 9.17) is 21.4 Å².